The Kier molecular flexibility index (Phi) is 3.75. The summed E-state index contributed by atoms with van der Waals surface area (Å²) in [6.45, 7) is 5.35. The van der Waals surface area contributed by atoms with E-state index in [2.05, 4.69) is 19.9 Å². The highest BCUT2D eigenvalue weighted by Gasteiger charge is 2.31. The summed E-state index contributed by atoms with van der Waals surface area (Å²) in [7, 11) is 0. The van der Waals surface area contributed by atoms with Crippen LogP contribution in [-0.2, 0) is 0 Å². The predicted molar refractivity (Wildman–Crippen MR) is 88.8 cm³/mol. The van der Waals surface area contributed by atoms with Gasteiger partial charge >= 0.3 is 0 Å². The standard InChI is InChI=1S/C18H21N5O/c1-11-7-12(2)22-17(21-11)14-5-6-23(10-14)18(24)15-8-19-16(20-9-15)13-3-4-13/h7-9,13-14H,3-6,10H2,1-2H3. The van der Waals surface area contributed by atoms with Crippen LogP contribution in [0.5, 0.6) is 0 Å². The van der Waals surface area contributed by atoms with Gasteiger partial charge in [-0.3, -0.25) is 4.79 Å². The molecule has 0 bridgehead atoms. The van der Waals surface area contributed by atoms with Crippen LogP contribution in [0.2, 0.25) is 0 Å². The molecule has 0 N–H and O–H groups in total. The predicted octanol–water partition coefficient (Wildman–Crippen LogP) is 2.39. The van der Waals surface area contributed by atoms with Crippen molar-refractivity contribution in [2.45, 2.75) is 44.9 Å². The van der Waals surface area contributed by atoms with Crippen LogP contribution < -0.4 is 0 Å². The van der Waals surface area contributed by atoms with E-state index in [1.807, 2.05) is 24.8 Å². The number of rotatable bonds is 3. The van der Waals surface area contributed by atoms with Crippen LogP contribution in [0.1, 0.15) is 64.5 Å². The van der Waals surface area contributed by atoms with Crippen LogP contribution >= 0.6 is 0 Å². The van der Waals surface area contributed by atoms with Gasteiger partial charge in [0.05, 0.1) is 5.56 Å². The lowest BCUT2D eigenvalue weighted by molar-refractivity contribution is 0.0789. The Labute approximate surface area is 141 Å². The first-order chi connectivity index (χ1) is 11.6. The normalized spacial score (nSPS) is 20.4. The average Bonchev–Trinajstić information content (AvgIpc) is 3.30. The first kappa shape index (κ1) is 15.2. The van der Waals surface area contributed by atoms with E-state index in [4.69, 9.17) is 0 Å². The fourth-order valence-electron chi connectivity index (χ4n) is 3.27. The molecule has 2 fully saturated rings. The van der Waals surface area contributed by atoms with E-state index in [0.29, 0.717) is 18.0 Å². The fraction of sp³-hybridized carbons (Fsp3) is 0.500. The molecule has 4 rings (SSSR count). The smallest absolute Gasteiger partial charge is 0.257 e. The van der Waals surface area contributed by atoms with Gasteiger partial charge in [0.25, 0.3) is 5.91 Å². The largest absolute Gasteiger partial charge is 0.338 e. The van der Waals surface area contributed by atoms with Gasteiger partial charge in [-0.15, -0.1) is 0 Å². The Morgan fingerprint density at radius 3 is 2.29 bits per heavy atom. The van der Waals surface area contributed by atoms with E-state index < -0.39 is 0 Å². The molecule has 1 aliphatic carbocycles. The number of aryl methyl sites for hydroxylation is 2. The quantitative estimate of drug-likeness (QED) is 0.867. The molecule has 1 amide bonds. The van der Waals surface area contributed by atoms with E-state index in [9.17, 15) is 4.79 Å². The second kappa shape index (κ2) is 5.92. The van der Waals surface area contributed by atoms with E-state index in [1.165, 1.54) is 0 Å². The molecule has 0 radical (unpaired) electrons. The maximum Gasteiger partial charge on any atom is 0.257 e. The van der Waals surface area contributed by atoms with Crippen molar-refractivity contribution in [3.8, 4) is 0 Å². The van der Waals surface area contributed by atoms with Crippen LogP contribution in [0.25, 0.3) is 0 Å². The van der Waals surface area contributed by atoms with Gasteiger partial charge in [-0.25, -0.2) is 19.9 Å². The maximum atomic E-state index is 12.7. The van der Waals surface area contributed by atoms with Gasteiger partial charge in [0.2, 0.25) is 0 Å². The van der Waals surface area contributed by atoms with Crippen LogP contribution in [-0.4, -0.2) is 43.8 Å². The molecule has 1 atom stereocenters. The van der Waals surface area contributed by atoms with Gasteiger partial charge in [-0.1, -0.05) is 0 Å². The number of aromatic nitrogens is 4. The SMILES string of the molecule is Cc1cc(C)nc(C2CCN(C(=O)c3cnc(C4CC4)nc3)C2)n1. The monoisotopic (exact) mass is 323 g/mol. The summed E-state index contributed by atoms with van der Waals surface area (Å²) in [5, 5.41) is 0. The van der Waals surface area contributed by atoms with Gasteiger partial charge in [0.15, 0.2) is 0 Å². The van der Waals surface area contributed by atoms with Crippen LogP contribution in [0.4, 0.5) is 0 Å². The minimum Gasteiger partial charge on any atom is -0.338 e. The van der Waals surface area contributed by atoms with Crippen molar-refractivity contribution in [2.24, 2.45) is 0 Å². The second-order valence-corrected chi connectivity index (χ2v) is 6.85. The number of likely N-dealkylation sites (tertiary alicyclic amines) is 1. The summed E-state index contributed by atoms with van der Waals surface area (Å²) >= 11 is 0. The van der Waals surface area contributed by atoms with Crippen LogP contribution in [0, 0.1) is 13.8 Å². The number of carbonyl (C=O) groups is 1. The van der Waals surface area contributed by atoms with E-state index in [1.54, 1.807) is 12.4 Å². The van der Waals surface area contributed by atoms with Crippen molar-refractivity contribution in [3.63, 3.8) is 0 Å². The second-order valence-electron chi connectivity index (χ2n) is 6.85. The average molecular weight is 323 g/mol. The zero-order valence-electron chi connectivity index (χ0n) is 14.1. The topological polar surface area (TPSA) is 71.9 Å². The van der Waals surface area contributed by atoms with Crippen molar-refractivity contribution < 1.29 is 4.79 Å². The Hall–Kier alpha value is -2.37. The molecule has 2 aromatic rings. The first-order valence-electron chi connectivity index (χ1n) is 8.53. The summed E-state index contributed by atoms with van der Waals surface area (Å²) in [5.74, 6) is 2.44. The molecule has 1 aliphatic heterocycles. The number of amides is 1. The van der Waals surface area contributed by atoms with E-state index >= 15 is 0 Å². The van der Waals surface area contributed by atoms with Gasteiger partial charge < -0.3 is 4.90 Å². The Morgan fingerprint density at radius 1 is 1.00 bits per heavy atom. The highest BCUT2D eigenvalue weighted by molar-refractivity contribution is 5.93. The lowest BCUT2D eigenvalue weighted by Gasteiger charge is -2.16. The summed E-state index contributed by atoms with van der Waals surface area (Å²) < 4.78 is 0. The molecule has 3 heterocycles. The third kappa shape index (κ3) is 3.00. The Morgan fingerprint density at radius 2 is 1.67 bits per heavy atom. The lowest BCUT2D eigenvalue weighted by Crippen LogP contribution is -2.29. The zero-order valence-corrected chi connectivity index (χ0v) is 14.1. The van der Waals surface area contributed by atoms with Gasteiger partial charge in [0.1, 0.15) is 11.6 Å². The molecule has 1 saturated carbocycles. The minimum absolute atomic E-state index is 0.00391. The molecule has 1 unspecified atom stereocenters. The molecule has 1 saturated heterocycles. The van der Waals surface area contributed by atoms with Crippen molar-refractivity contribution in [1.82, 2.24) is 24.8 Å². The molecule has 6 nitrogen and oxygen atoms in total. The third-order valence-electron chi connectivity index (χ3n) is 4.70. The zero-order chi connectivity index (χ0) is 16.7. The van der Waals surface area contributed by atoms with Gasteiger partial charge in [-0.2, -0.15) is 0 Å². The molecule has 6 heteroatoms. The molecule has 0 spiro atoms. The molecule has 24 heavy (non-hydrogen) atoms. The van der Waals surface area contributed by atoms with Crippen LogP contribution in [0.15, 0.2) is 18.5 Å². The van der Waals surface area contributed by atoms with Crippen molar-refractivity contribution in [2.75, 3.05) is 13.1 Å². The molecule has 124 valence electrons. The minimum atomic E-state index is 0.00391. The molecule has 0 aromatic carbocycles. The third-order valence-corrected chi connectivity index (χ3v) is 4.70. The summed E-state index contributed by atoms with van der Waals surface area (Å²) in [4.78, 5) is 32.3. The fourth-order valence-corrected chi connectivity index (χ4v) is 3.27. The number of hydrogen-bond acceptors (Lipinski definition) is 5. The van der Waals surface area contributed by atoms with E-state index in [-0.39, 0.29) is 11.8 Å². The summed E-state index contributed by atoms with van der Waals surface area (Å²) in [5.41, 5.74) is 2.53. The van der Waals surface area contributed by atoms with Crippen molar-refractivity contribution in [3.05, 3.63) is 47.1 Å². The van der Waals surface area contributed by atoms with Crippen molar-refractivity contribution in [1.29, 1.82) is 0 Å². The summed E-state index contributed by atoms with van der Waals surface area (Å²) in [6, 6.07) is 1.97. The number of carbonyl (C=O) groups excluding carboxylic acids is 1. The first-order valence-corrected chi connectivity index (χ1v) is 8.53. The van der Waals surface area contributed by atoms with Crippen LogP contribution in [0.3, 0.4) is 0 Å². The van der Waals surface area contributed by atoms with E-state index in [0.717, 1.165) is 48.8 Å². The molecule has 2 aromatic heterocycles. The van der Waals surface area contributed by atoms with Gasteiger partial charge in [0, 0.05) is 48.7 Å². The molecular formula is C18H21N5O. The van der Waals surface area contributed by atoms with Crippen molar-refractivity contribution >= 4 is 5.91 Å². The highest BCUT2D eigenvalue weighted by atomic mass is 16.2. The summed E-state index contributed by atoms with van der Waals surface area (Å²) in [6.07, 6.45) is 6.57. The number of nitrogens with zero attached hydrogens (tertiary/aromatic N) is 5. The lowest BCUT2D eigenvalue weighted by atomic mass is 10.1. The maximum absolute atomic E-state index is 12.7. The molecular weight excluding hydrogens is 302 g/mol. The number of hydrogen-bond donors (Lipinski definition) is 0. The molecule has 2 aliphatic rings. The highest BCUT2D eigenvalue weighted by Crippen LogP contribution is 2.37. The Bertz CT molecular complexity index is 749. The van der Waals surface area contributed by atoms with Gasteiger partial charge in [-0.05, 0) is 39.2 Å². The Balaban J connectivity index is 1.46.